The largest absolute Gasteiger partial charge is 0.466 e. The molecule has 1 N–H and O–H groups in total. The lowest BCUT2D eigenvalue weighted by atomic mass is 10.1. The Morgan fingerprint density at radius 1 is 1.12 bits per heavy atom. The van der Waals surface area contributed by atoms with Gasteiger partial charge in [0.1, 0.15) is 6.04 Å². The van der Waals surface area contributed by atoms with Gasteiger partial charge in [-0.05, 0) is 39.5 Å². The first kappa shape index (κ1) is 22.2. The van der Waals surface area contributed by atoms with Crippen LogP contribution in [0.2, 0.25) is 0 Å². The number of esters is 2. The van der Waals surface area contributed by atoms with Crippen molar-refractivity contribution < 1.29 is 23.9 Å². The predicted octanol–water partition coefficient (Wildman–Crippen LogP) is 3.09. The van der Waals surface area contributed by atoms with Gasteiger partial charge in [-0.15, -0.1) is 0 Å². The van der Waals surface area contributed by atoms with Gasteiger partial charge >= 0.3 is 11.9 Å². The molecule has 0 aromatic rings. The summed E-state index contributed by atoms with van der Waals surface area (Å²) in [7, 11) is 3.87. The Bertz CT molecular complexity index is 427. The zero-order valence-corrected chi connectivity index (χ0v) is 16.7. The van der Waals surface area contributed by atoms with E-state index in [2.05, 4.69) is 5.32 Å². The molecular weight excluding hydrogens is 362 g/mol. The highest BCUT2D eigenvalue weighted by Crippen LogP contribution is 2.39. The normalized spacial score (nSPS) is 17.8. The number of rotatable bonds is 12. The van der Waals surface area contributed by atoms with E-state index >= 15 is 0 Å². The highest BCUT2D eigenvalue weighted by molar-refractivity contribution is 8.77. The number of carbonyl (C=O) groups is 3. The molecule has 0 aliphatic carbocycles. The number of unbranched alkanes of at least 4 members (excludes halogenated alkanes) is 1. The van der Waals surface area contributed by atoms with Gasteiger partial charge in [-0.2, -0.15) is 0 Å². The molecule has 0 aromatic carbocycles. The van der Waals surface area contributed by atoms with Crippen LogP contribution in [0.3, 0.4) is 0 Å². The second-order valence-corrected chi connectivity index (χ2v) is 8.58. The van der Waals surface area contributed by atoms with Crippen LogP contribution in [0.1, 0.15) is 58.8 Å². The third-order valence-electron chi connectivity index (χ3n) is 3.76. The zero-order valence-electron chi connectivity index (χ0n) is 15.1. The minimum Gasteiger partial charge on any atom is -0.466 e. The van der Waals surface area contributed by atoms with E-state index in [1.54, 1.807) is 13.8 Å². The summed E-state index contributed by atoms with van der Waals surface area (Å²) >= 11 is 0. The Hall–Kier alpha value is -0.890. The summed E-state index contributed by atoms with van der Waals surface area (Å²) in [6, 6.07) is -0.793. The molecule has 1 rings (SSSR count). The summed E-state index contributed by atoms with van der Waals surface area (Å²) in [4.78, 5) is 35.5. The molecule has 1 heterocycles. The summed E-state index contributed by atoms with van der Waals surface area (Å²) in [6.07, 6.45) is 4.86. The van der Waals surface area contributed by atoms with Gasteiger partial charge in [0.05, 0.1) is 13.2 Å². The SMILES string of the molecule is CCOC(=O)CC[C@H](NC(=O)CCCC[C@@H]1CCSS1)C(=O)OCC. The molecule has 1 amide bonds. The number of ether oxygens (including phenoxy) is 2. The van der Waals surface area contributed by atoms with Gasteiger partial charge in [0.25, 0.3) is 0 Å². The number of nitrogens with one attached hydrogen (secondary N) is 1. The maximum absolute atomic E-state index is 12.1. The molecule has 1 fully saturated rings. The average Bonchev–Trinajstić information content (AvgIpc) is 3.09. The fraction of sp³-hybridized carbons (Fsp3) is 0.824. The quantitative estimate of drug-likeness (QED) is 0.311. The maximum atomic E-state index is 12.1. The van der Waals surface area contributed by atoms with Crippen molar-refractivity contribution in [1.29, 1.82) is 0 Å². The van der Waals surface area contributed by atoms with Gasteiger partial charge in [0.2, 0.25) is 5.91 Å². The minimum atomic E-state index is -0.793. The smallest absolute Gasteiger partial charge is 0.328 e. The summed E-state index contributed by atoms with van der Waals surface area (Å²) in [6.45, 7) is 3.97. The molecule has 1 aliphatic rings. The Balaban J connectivity index is 2.31. The molecule has 0 saturated carbocycles. The fourth-order valence-corrected chi connectivity index (χ4v) is 5.50. The van der Waals surface area contributed by atoms with Crippen LogP contribution in [-0.4, -0.2) is 48.1 Å². The fourth-order valence-electron chi connectivity index (χ4n) is 2.48. The van der Waals surface area contributed by atoms with Crippen molar-refractivity contribution in [2.45, 2.75) is 70.1 Å². The first-order chi connectivity index (χ1) is 12.1. The molecule has 0 spiro atoms. The second-order valence-electron chi connectivity index (χ2n) is 5.79. The molecule has 0 aromatic heterocycles. The van der Waals surface area contributed by atoms with E-state index in [4.69, 9.17) is 9.47 Å². The molecule has 0 unspecified atom stereocenters. The summed E-state index contributed by atoms with van der Waals surface area (Å²) in [5, 5.41) is 3.41. The van der Waals surface area contributed by atoms with Crippen LogP contribution >= 0.6 is 21.6 Å². The summed E-state index contributed by atoms with van der Waals surface area (Å²) in [5.41, 5.74) is 0. The summed E-state index contributed by atoms with van der Waals surface area (Å²) < 4.78 is 9.84. The Kier molecular flexibility index (Phi) is 11.8. The lowest BCUT2D eigenvalue weighted by Crippen LogP contribution is -2.42. The van der Waals surface area contributed by atoms with Crippen LogP contribution in [0.15, 0.2) is 0 Å². The van der Waals surface area contributed by atoms with E-state index in [1.807, 2.05) is 21.6 Å². The lowest BCUT2D eigenvalue weighted by Gasteiger charge is -2.17. The standard InChI is InChI=1S/C17H29NO5S2/c1-3-22-16(20)10-9-14(17(21)23-4-2)18-15(19)8-6-5-7-13-11-12-24-25-13/h13-14H,3-12H2,1-2H3,(H,18,19)/t13-,14+/m1/s1. The first-order valence-electron chi connectivity index (χ1n) is 8.96. The Labute approximate surface area is 157 Å². The van der Waals surface area contributed by atoms with E-state index in [1.165, 1.54) is 12.2 Å². The van der Waals surface area contributed by atoms with Crippen LogP contribution in [0.25, 0.3) is 0 Å². The van der Waals surface area contributed by atoms with Crippen molar-refractivity contribution in [3.05, 3.63) is 0 Å². The molecule has 0 radical (unpaired) electrons. The van der Waals surface area contributed by atoms with Crippen molar-refractivity contribution >= 4 is 39.4 Å². The molecular formula is C17H29NO5S2. The molecule has 6 nitrogen and oxygen atoms in total. The Morgan fingerprint density at radius 2 is 1.88 bits per heavy atom. The van der Waals surface area contributed by atoms with E-state index in [-0.39, 0.29) is 31.3 Å². The Morgan fingerprint density at radius 3 is 2.52 bits per heavy atom. The minimum absolute atomic E-state index is 0.0776. The van der Waals surface area contributed by atoms with Crippen molar-refractivity contribution in [3.63, 3.8) is 0 Å². The van der Waals surface area contributed by atoms with E-state index < -0.39 is 12.0 Å². The van der Waals surface area contributed by atoms with Gasteiger partial charge in [-0.1, -0.05) is 28.0 Å². The molecule has 2 atom stereocenters. The predicted molar refractivity (Wildman–Crippen MR) is 101 cm³/mol. The third-order valence-corrected chi connectivity index (χ3v) is 6.76. The third kappa shape index (κ3) is 9.99. The van der Waals surface area contributed by atoms with Crippen molar-refractivity contribution in [1.82, 2.24) is 5.32 Å². The number of hydrogen-bond donors (Lipinski definition) is 1. The monoisotopic (exact) mass is 391 g/mol. The van der Waals surface area contributed by atoms with Gasteiger partial charge in [-0.25, -0.2) is 4.79 Å². The van der Waals surface area contributed by atoms with E-state index in [0.29, 0.717) is 18.3 Å². The summed E-state index contributed by atoms with van der Waals surface area (Å²) in [5.74, 6) is 0.171. The van der Waals surface area contributed by atoms with E-state index in [9.17, 15) is 14.4 Å². The van der Waals surface area contributed by atoms with Gasteiger partial charge in [-0.3, -0.25) is 9.59 Å². The first-order valence-corrected chi connectivity index (χ1v) is 11.3. The zero-order chi connectivity index (χ0) is 18.5. The maximum Gasteiger partial charge on any atom is 0.328 e. The van der Waals surface area contributed by atoms with Gasteiger partial charge < -0.3 is 14.8 Å². The van der Waals surface area contributed by atoms with Crippen LogP contribution in [0, 0.1) is 0 Å². The van der Waals surface area contributed by atoms with Crippen LogP contribution in [0.4, 0.5) is 0 Å². The van der Waals surface area contributed by atoms with Crippen molar-refractivity contribution in [2.75, 3.05) is 19.0 Å². The highest BCUT2D eigenvalue weighted by atomic mass is 33.1. The van der Waals surface area contributed by atoms with Crippen molar-refractivity contribution in [3.8, 4) is 0 Å². The lowest BCUT2D eigenvalue weighted by molar-refractivity contribution is -0.148. The van der Waals surface area contributed by atoms with Crippen molar-refractivity contribution in [2.24, 2.45) is 0 Å². The van der Waals surface area contributed by atoms with Crippen LogP contribution in [0.5, 0.6) is 0 Å². The van der Waals surface area contributed by atoms with E-state index in [0.717, 1.165) is 19.3 Å². The average molecular weight is 392 g/mol. The number of hydrogen-bond acceptors (Lipinski definition) is 7. The topological polar surface area (TPSA) is 81.7 Å². The van der Waals surface area contributed by atoms with Gasteiger partial charge in [0.15, 0.2) is 0 Å². The molecule has 25 heavy (non-hydrogen) atoms. The highest BCUT2D eigenvalue weighted by Gasteiger charge is 2.23. The second kappa shape index (κ2) is 13.3. The molecule has 144 valence electrons. The number of amides is 1. The van der Waals surface area contributed by atoms with Crippen LogP contribution in [-0.2, 0) is 23.9 Å². The molecule has 1 saturated heterocycles. The molecule has 8 heteroatoms. The molecule has 1 aliphatic heterocycles. The molecule has 0 bridgehead atoms. The number of carbonyl (C=O) groups excluding carboxylic acids is 3. The van der Waals surface area contributed by atoms with Crippen LogP contribution < -0.4 is 5.32 Å². The van der Waals surface area contributed by atoms with Gasteiger partial charge in [0, 0.05) is 23.8 Å².